The molecular weight excluding hydrogens is 218 g/mol. The van der Waals surface area contributed by atoms with Crippen molar-refractivity contribution in [3.63, 3.8) is 0 Å². The van der Waals surface area contributed by atoms with Crippen LogP contribution < -0.4 is 16.0 Å². The Balaban J connectivity index is 1.67. The summed E-state index contributed by atoms with van der Waals surface area (Å²) >= 11 is 0. The second-order valence-electron chi connectivity index (χ2n) is 4.61. The van der Waals surface area contributed by atoms with Crippen molar-refractivity contribution in [1.82, 2.24) is 16.0 Å². The van der Waals surface area contributed by atoms with Gasteiger partial charge >= 0.3 is 0 Å². The van der Waals surface area contributed by atoms with Crippen molar-refractivity contribution in [3.05, 3.63) is 11.6 Å². The Kier molecular flexibility index (Phi) is 4.14. The SMILES string of the molecule is O=C(C=C1CCNCC1)NCC(=O)NC1CC1. The van der Waals surface area contributed by atoms with E-state index in [2.05, 4.69) is 16.0 Å². The smallest absolute Gasteiger partial charge is 0.244 e. The second-order valence-corrected chi connectivity index (χ2v) is 4.61. The quantitative estimate of drug-likeness (QED) is 0.587. The fourth-order valence-corrected chi connectivity index (χ4v) is 1.80. The summed E-state index contributed by atoms with van der Waals surface area (Å²) in [6, 6.07) is 0.349. The molecule has 5 nitrogen and oxygen atoms in total. The molecule has 0 radical (unpaired) electrons. The standard InChI is InChI=1S/C12H19N3O2/c16-11(7-9-3-5-13-6-4-9)14-8-12(17)15-10-1-2-10/h7,10,13H,1-6,8H2,(H,14,16)(H,15,17). The lowest BCUT2D eigenvalue weighted by atomic mass is 10.1. The van der Waals surface area contributed by atoms with E-state index < -0.39 is 0 Å². The Morgan fingerprint density at radius 1 is 1.29 bits per heavy atom. The first-order valence-corrected chi connectivity index (χ1v) is 6.21. The Labute approximate surface area is 101 Å². The third kappa shape index (κ3) is 4.56. The van der Waals surface area contributed by atoms with Crippen molar-refractivity contribution >= 4 is 11.8 Å². The number of carbonyl (C=O) groups excluding carboxylic acids is 2. The average Bonchev–Trinajstić information content (AvgIpc) is 3.12. The molecule has 2 rings (SSSR count). The number of carbonyl (C=O) groups is 2. The number of amides is 2. The molecule has 2 amide bonds. The predicted molar refractivity (Wildman–Crippen MR) is 64.4 cm³/mol. The molecule has 1 heterocycles. The van der Waals surface area contributed by atoms with E-state index in [0.29, 0.717) is 6.04 Å². The van der Waals surface area contributed by atoms with Crippen molar-refractivity contribution in [2.24, 2.45) is 0 Å². The van der Waals surface area contributed by atoms with Crippen LogP contribution in [0, 0.1) is 0 Å². The molecule has 1 saturated carbocycles. The molecule has 3 N–H and O–H groups in total. The lowest BCUT2D eigenvalue weighted by Gasteiger charge is -2.14. The topological polar surface area (TPSA) is 70.2 Å². The molecule has 5 heteroatoms. The van der Waals surface area contributed by atoms with Gasteiger partial charge in [0.1, 0.15) is 0 Å². The first-order valence-electron chi connectivity index (χ1n) is 6.21. The van der Waals surface area contributed by atoms with E-state index in [-0.39, 0.29) is 18.4 Å². The maximum absolute atomic E-state index is 11.5. The Morgan fingerprint density at radius 3 is 2.65 bits per heavy atom. The third-order valence-corrected chi connectivity index (χ3v) is 2.95. The van der Waals surface area contributed by atoms with Gasteiger partial charge < -0.3 is 16.0 Å². The first kappa shape index (κ1) is 12.1. The number of rotatable bonds is 4. The molecular formula is C12H19N3O2. The van der Waals surface area contributed by atoms with E-state index in [0.717, 1.165) is 44.3 Å². The summed E-state index contributed by atoms with van der Waals surface area (Å²) in [4.78, 5) is 22.9. The summed E-state index contributed by atoms with van der Waals surface area (Å²) in [5.74, 6) is -0.252. The Morgan fingerprint density at radius 2 is 2.00 bits per heavy atom. The summed E-state index contributed by atoms with van der Waals surface area (Å²) < 4.78 is 0. The zero-order valence-electron chi connectivity index (χ0n) is 9.92. The van der Waals surface area contributed by atoms with Crippen LogP contribution in [0.15, 0.2) is 11.6 Å². The van der Waals surface area contributed by atoms with Gasteiger partial charge in [-0.05, 0) is 38.8 Å². The van der Waals surface area contributed by atoms with Gasteiger partial charge in [0.25, 0.3) is 0 Å². The fourth-order valence-electron chi connectivity index (χ4n) is 1.80. The minimum absolute atomic E-state index is 0.0807. The van der Waals surface area contributed by atoms with Crippen LogP contribution in [0.25, 0.3) is 0 Å². The highest BCUT2D eigenvalue weighted by atomic mass is 16.2. The minimum atomic E-state index is -0.159. The van der Waals surface area contributed by atoms with Crippen molar-refractivity contribution in [3.8, 4) is 0 Å². The van der Waals surface area contributed by atoms with Gasteiger partial charge in [-0.15, -0.1) is 0 Å². The van der Waals surface area contributed by atoms with Crippen molar-refractivity contribution < 1.29 is 9.59 Å². The normalized spacial score (nSPS) is 19.6. The van der Waals surface area contributed by atoms with Crippen LogP contribution in [-0.4, -0.2) is 37.5 Å². The van der Waals surface area contributed by atoms with E-state index in [1.807, 2.05) is 0 Å². The van der Waals surface area contributed by atoms with Crippen LogP contribution in [0.5, 0.6) is 0 Å². The molecule has 1 aliphatic heterocycles. The summed E-state index contributed by atoms with van der Waals surface area (Å²) in [7, 11) is 0. The van der Waals surface area contributed by atoms with Crippen LogP contribution in [0.1, 0.15) is 25.7 Å². The molecule has 0 aromatic rings. The Bertz CT molecular complexity index is 327. The minimum Gasteiger partial charge on any atom is -0.352 e. The highest BCUT2D eigenvalue weighted by Crippen LogP contribution is 2.18. The molecule has 0 aromatic carbocycles. The molecule has 94 valence electrons. The van der Waals surface area contributed by atoms with Gasteiger partial charge in [-0.3, -0.25) is 9.59 Å². The number of hydrogen-bond donors (Lipinski definition) is 3. The van der Waals surface area contributed by atoms with Crippen LogP contribution >= 0.6 is 0 Å². The molecule has 0 atom stereocenters. The summed E-state index contributed by atoms with van der Waals surface area (Å²) in [5, 5.41) is 8.67. The first-order chi connectivity index (χ1) is 8.24. The van der Waals surface area contributed by atoms with Crippen LogP contribution in [0.3, 0.4) is 0 Å². The molecule has 0 unspecified atom stereocenters. The zero-order chi connectivity index (χ0) is 12.1. The van der Waals surface area contributed by atoms with Crippen molar-refractivity contribution in [1.29, 1.82) is 0 Å². The predicted octanol–water partition coefficient (Wildman–Crippen LogP) is -0.309. The summed E-state index contributed by atoms with van der Waals surface area (Å²) in [6.45, 7) is 1.94. The van der Waals surface area contributed by atoms with E-state index >= 15 is 0 Å². The summed E-state index contributed by atoms with van der Waals surface area (Å²) in [6.07, 6.45) is 5.60. The fraction of sp³-hybridized carbons (Fsp3) is 0.667. The van der Waals surface area contributed by atoms with Gasteiger partial charge in [-0.1, -0.05) is 5.57 Å². The van der Waals surface area contributed by atoms with Crippen molar-refractivity contribution in [2.75, 3.05) is 19.6 Å². The van der Waals surface area contributed by atoms with E-state index in [1.165, 1.54) is 0 Å². The van der Waals surface area contributed by atoms with E-state index in [1.54, 1.807) is 6.08 Å². The van der Waals surface area contributed by atoms with E-state index in [4.69, 9.17) is 0 Å². The van der Waals surface area contributed by atoms with Gasteiger partial charge in [-0.2, -0.15) is 0 Å². The van der Waals surface area contributed by atoms with Gasteiger partial charge in [0.2, 0.25) is 11.8 Å². The molecule has 0 aromatic heterocycles. The van der Waals surface area contributed by atoms with E-state index in [9.17, 15) is 9.59 Å². The average molecular weight is 237 g/mol. The summed E-state index contributed by atoms with van der Waals surface area (Å²) in [5.41, 5.74) is 1.16. The number of hydrogen-bond acceptors (Lipinski definition) is 3. The van der Waals surface area contributed by atoms with Crippen molar-refractivity contribution in [2.45, 2.75) is 31.7 Å². The Hall–Kier alpha value is -1.36. The second kappa shape index (κ2) is 5.82. The monoisotopic (exact) mass is 237 g/mol. The number of nitrogens with one attached hydrogen (secondary N) is 3. The highest BCUT2D eigenvalue weighted by Gasteiger charge is 2.22. The molecule has 1 aliphatic carbocycles. The van der Waals surface area contributed by atoms with Crippen LogP contribution in [0.2, 0.25) is 0 Å². The maximum atomic E-state index is 11.5. The number of piperidine rings is 1. The lowest BCUT2D eigenvalue weighted by molar-refractivity contribution is -0.124. The van der Waals surface area contributed by atoms with Gasteiger partial charge in [0.15, 0.2) is 0 Å². The largest absolute Gasteiger partial charge is 0.352 e. The van der Waals surface area contributed by atoms with Gasteiger partial charge in [-0.25, -0.2) is 0 Å². The van der Waals surface area contributed by atoms with Crippen LogP contribution in [-0.2, 0) is 9.59 Å². The van der Waals surface area contributed by atoms with Gasteiger partial charge in [0, 0.05) is 12.1 Å². The molecule has 17 heavy (non-hydrogen) atoms. The third-order valence-electron chi connectivity index (χ3n) is 2.95. The lowest BCUT2D eigenvalue weighted by Crippen LogP contribution is -2.37. The zero-order valence-corrected chi connectivity index (χ0v) is 9.92. The molecule has 0 spiro atoms. The van der Waals surface area contributed by atoms with Crippen LogP contribution in [0.4, 0.5) is 0 Å². The molecule has 0 bridgehead atoms. The molecule has 1 saturated heterocycles. The highest BCUT2D eigenvalue weighted by molar-refractivity contribution is 5.91. The molecule has 2 aliphatic rings. The van der Waals surface area contributed by atoms with Gasteiger partial charge in [0.05, 0.1) is 6.54 Å². The molecule has 2 fully saturated rings. The maximum Gasteiger partial charge on any atom is 0.244 e.